The number of nitrogens with zero attached hydrogens (tertiary/aromatic N) is 2. The third kappa shape index (κ3) is 5.14. The van der Waals surface area contributed by atoms with Gasteiger partial charge in [0.1, 0.15) is 5.01 Å². The maximum absolute atomic E-state index is 12.2. The Kier molecular flexibility index (Phi) is 5.81. The van der Waals surface area contributed by atoms with Gasteiger partial charge in [-0.25, -0.2) is 0 Å². The van der Waals surface area contributed by atoms with Crippen LogP contribution in [0.1, 0.15) is 49.7 Å². The van der Waals surface area contributed by atoms with E-state index in [1.807, 2.05) is 44.2 Å². The van der Waals surface area contributed by atoms with Gasteiger partial charge in [-0.3, -0.25) is 9.59 Å². The van der Waals surface area contributed by atoms with Crippen LogP contribution >= 0.6 is 11.3 Å². The molecule has 0 aliphatic rings. The standard InChI is InChI=1S/C16H20N4O2S/c1-10(2)15-19-20-16(23-15)18-14(22)9-13(17-11(3)21)12-7-5-4-6-8-12/h4-8,10,13H,9H2,1-3H3,(H,17,21)(H,18,20,22)/t13-/m1/s1. The highest BCUT2D eigenvalue weighted by atomic mass is 32.1. The number of nitrogens with one attached hydrogen (secondary N) is 2. The summed E-state index contributed by atoms with van der Waals surface area (Å²) in [6.07, 6.45) is 0.139. The summed E-state index contributed by atoms with van der Waals surface area (Å²) in [4.78, 5) is 23.6. The van der Waals surface area contributed by atoms with Gasteiger partial charge in [-0.15, -0.1) is 10.2 Å². The monoisotopic (exact) mass is 332 g/mol. The van der Waals surface area contributed by atoms with Gasteiger partial charge in [0.25, 0.3) is 0 Å². The summed E-state index contributed by atoms with van der Waals surface area (Å²) in [5.41, 5.74) is 0.887. The molecule has 0 saturated carbocycles. The Morgan fingerprint density at radius 1 is 1.17 bits per heavy atom. The molecule has 1 heterocycles. The molecule has 122 valence electrons. The molecule has 1 aromatic carbocycles. The Labute approximate surface area is 139 Å². The van der Waals surface area contributed by atoms with Crippen molar-refractivity contribution in [3.05, 3.63) is 40.9 Å². The first kappa shape index (κ1) is 17.1. The Balaban J connectivity index is 2.03. The van der Waals surface area contributed by atoms with Crippen LogP contribution in [0.3, 0.4) is 0 Å². The first-order chi connectivity index (χ1) is 11.0. The van der Waals surface area contributed by atoms with E-state index < -0.39 is 0 Å². The van der Waals surface area contributed by atoms with E-state index in [4.69, 9.17) is 0 Å². The first-order valence-corrected chi connectivity index (χ1v) is 8.22. The lowest BCUT2D eigenvalue weighted by molar-refractivity contribution is -0.120. The summed E-state index contributed by atoms with van der Waals surface area (Å²) in [5, 5.41) is 14.9. The second-order valence-electron chi connectivity index (χ2n) is 5.52. The van der Waals surface area contributed by atoms with Crippen LogP contribution in [0.2, 0.25) is 0 Å². The van der Waals surface area contributed by atoms with E-state index in [2.05, 4.69) is 20.8 Å². The molecule has 7 heteroatoms. The van der Waals surface area contributed by atoms with Crippen LogP contribution in [-0.2, 0) is 9.59 Å². The van der Waals surface area contributed by atoms with Gasteiger partial charge in [0.15, 0.2) is 0 Å². The maximum atomic E-state index is 12.2. The fraction of sp³-hybridized carbons (Fsp3) is 0.375. The predicted octanol–water partition coefficient (Wildman–Crippen LogP) is 2.87. The van der Waals surface area contributed by atoms with Crippen LogP contribution in [0.4, 0.5) is 5.13 Å². The van der Waals surface area contributed by atoms with Crippen molar-refractivity contribution >= 4 is 28.3 Å². The number of aromatic nitrogens is 2. The molecule has 0 aliphatic carbocycles. The van der Waals surface area contributed by atoms with E-state index >= 15 is 0 Å². The molecule has 2 N–H and O–H groups in total. The molecule has 0 aliphatic heterocycles. The quantitative estimate of drug-likeness (QED) is 0.852. The average molecular weight is 332 g/mol. The summed E-state index contributed by atoms with van der Waals surface area (Å²) < 4.78 is 0. The number of carbonyl (C=O) groups is 2. The van der Waals surface area contributed by atoms with Crippen molar-refractivity contribution in [1.29, 1.82) is 0 Å². The van der Waals surface area contributed by atoms with Crippen molar-refractivity contribution in [1.82, 2.24) is 15.5 Å². The molecule has 0 fully saturated rings. The summed E-state index contributed by atoms with van der Waals surface area (Å²) in [6, 6.07) is 9.05. The van der Waals surface area contributed by atoms with Crippen molar-refractivity contribution in [2.24, 2.45) is 0 Å². The lowest BCUT2D eigenvalue weighted by Crippen LogP contribution is -2.29. The van der Waals surface area contributed by atoms with Crippen LogP contribution in [0.5, 0.6) is 0 Å². The average Bonchev–Trinajstić information content (AvgIpc) is 2.95. The zero-order valence-electron chi connectivity index (χ0n) is 13.4. The van der Waals surface area contributed by atoms with E-state index in [9.17, 15) is 9.59 Å². The van der Waals surface area contributed by atoms with Gasteiger partial charge < -0.3 is 10.6 Å². The van der Waals surface area contributed by atoms with Crippen molar-refractivity contribution in [2.45, 2.75) is 39.2 Å². The summed E-state index contributed by atoms with van der Waals surface area (Å²) in [5.74, 6) is -0.113. The zero-order valence-corrected chi connectivity index (χ0v) is 14.2. The molecule has 2 aromatic rings. The van der Waals surface area contributed by atoms with Crippen LogP contribution < -0.4 is 10.6 Å². The molecule has 0 unspecified atom stereocenters. The molecule has 0 spiro atoms. The second kappa shape index (κ2) is 7.82. The highest BCUT2D eigenvalue weighted by Crippen LogP contribution is 2.23. The third-order valence-electron chi connectivity index (χ3n) is 3.15. The number of hydrogen-bond acceptors (Lipinski definition) is 5. The molecule has 1 atom stereocenters. The van der Waals surface area contributed by atoms with Crippen LogP contribution in [0, 0.1) is 0 Å². The second-order valence-corrected chi connectivity index (χ2v) is 6.53. The minimum absolute atomic E-state index is 0.139. The van der Waals surface area contributed by atoms with Crippen LogP contribution in [-0.4, -0.2) is 22.0 Å². The molecule has 2 rings (SSSR count). The number of benzene rings is 1. The molecular formula is C16H20N4O2S. The summed E-state index contributed by atoms with van der Waals surface area (Å²) >= 11 is 1.36. The van der Waals surface area contributed by atoms with Gasteiger partial charge in [-0.05, 0) is 5.56 Å². The van der Waals surface area contributed by atoms with Crippen molar-refractivity contribution in [2.75, 3.05) is 5.32 Å². The number of amides is 2. The molecule has 23 heavy (non-hydrogen) atoms. The number of hydrogen-bond donors (Lipinski definition) is 2. The molecule has 0 bridgehead atoms. The molecule has 6 nitrogen and oxygen atoms in total. The normalized spacial score (nSPS) is 12.0. The minimum Gasteiger partial charge on any atom is -0.349 e. The molecule has 2 amide bonds. The number of anilines is 1. The van der Waals surface area contributed by atoms with Gasteiger partial charge in [0.05, 0.1) is 12.5 Å². The smallest absolute Gasteiger partial charge is 0.228 e. The first-order valence-electron chi connectivity index (χ1n) is 7.41. The van der Waals surface area contributed by atoms with Gasteiger partial charge in [0, 0.05) is 12.8 Å². The topological polar surface area (TPSA) is 84.0 Å². The van der Waals surface area contributed by atoms with Crippen LogP contribution in [0.15, 0.2) is 30.3 Å². The highest BCUT2D eigenvalue weighted by molar-refractivity contribution is 7.15. The SMILES string of the molecule is CC(=O)N[C@H](CC(=O)Nc1nnc(C(C)C)s1)c1ccccc1. The van der Waals surface area contributed by atoms with Gasteiger partial charge in [0.2, 0.25) is 16.9 Å². The largest absolute Gasteiger partial charge is 0.349 e. The Bertz CT molecular complexity index is 670. The molecule has 0 saturated heterocycles. The molecular weight excluding hydrogens is 312 g/mol. The minimum atomic E-state index is -0.369. The highest BCUT2D eigenvalue weighted by Gasteiger charge is 2.18. The third-order valence-corrected chi connectivity index (χ3v) is 4.29. The fourth-order valence-corrected chi connectivity index (χ4v) is 2.82. The van der Waals surface area contributed by atoms with E-state index in [-0.39, 0.29) is 30.2 Å². The van der Waals surface area contributed by atoms with E-state index in [1.165, 1.54) is 18.3 Å². The van der Waals surface area contributed by atoms with Gasteiger partial charge >= 0.3 is 0 Å². The Morgan fingerprint density at radius 3 is 2.43 bits per heavy atom. The fourth-order valence-electron chi connectivity index (χ4n) is 2.06. The Hall–Kier alpha value is -2.28. The van der Waals surface area contributed by atoms with Crippen molar-refractivity contribution < 1.29 is 9.59 Å². The van der Waals surface area contributed by atoms with E-state index in [0.29, 0.717) is 5.13 Å². The Morgan fingerprint density at radius 2 is 1.87 bits per heavy atom. The van der Waals surface area contributed by atoms with Crippen molar-refractivity contribution in [3.8, 4) is 0 Å². The van der Waals surface area contributed by atoms with Crippen molar-refractivity contribution in [3.63, 3.8) is 0 Å². The zero-order chi connectivity index (χ0) is 16.8. The molecule has 0 radical (unpaired) electrons. The number of carbonyl (C=O) groups excluding carboxylic acids is 2. The van der Waals surface area contributed by atoms with E-state index in [1.54, 1.807) is 0 Å². The maximum Gasteiger partial charge on any atom is 0.228 e. The lowest BCUT2D eigenvalue weighted by atomic mass is 10.0. The molecule has 1 aromatic heterocycles. The number of rotatable bonds is 6. The summed E-state index contributed by atoms with van der Waals surface area (Å²) in [6.45, 7) is 5.48. The summed E-state index contributed by atoms with van der Waals surface area (Å²) in [7, 11) is 0. The van der Waals surface area contributed by atoms with Gasteiger partial charge in [-0.2, -0.15) is 0 Å². The van der Waals surface area contributed by atoms with Gasteiger partial charge in [-0.1, -0.05) is 55.5 Å². The van der Waals surface area contributed by atoms with Crippen LogP contribution in [0.25, 0.3) is 0 Å². The van der Waals surface area contributed by atoms with E-state index in [0.717, 1.165) is 10.6 Å². The lowest BCUT2D eigenvalue weighted by Gasteiger charge is -2.17. The predicted molar refractivity (Wildman–Crippen MR) is 90.2 cm³/mol.